The first-order chi connectivity index (χ1) is 12.1. The Morgan fingerprint density at radius 3 is 2.50 bits per heavy atom. The highest BCUT2D eigenvalue weighted by Gasteiger charge is 2.02. The zero-order valence-electron chi connectivity index (χ0n) is 14.5. The van der Waals surface area contributed by atoms with Crippen LogP contribution >= 0.6 is 12.4 Å². The highest BCUT2D eigenvalue weighted by Crippen LogP contribution is 2.16. The van der Waals surface area contributed by atoms with Crippen molar-refractivity contribution in [3.8, 4) is 5.75 Å². The number of halogens is 1. The van der Waals surface area contributed by atoms with E-state index in [-0.39, 0.29) is 18.2 Å². The minimum atomic E-state index is 0. The third kappa shape index (κ3) is 5.26. The van der Waals surface area contributed by atoms with Gasteiger partial charge in [0.05, 0.1) is 11.9 Å². The number of aromatic nitrogens is 2. The largest absolute Gasteiger partial charge is 0.489 e. The fourth-order valence-electron chi connectivity index (χ4n) is 2.34. The van der Waals surface area contributed by atoms with Gasteiger partial charge in [-0.1, -0.05) is 42.0 Å². The molecule has 0 saturated carbocycles. The third-order valence-corrected chi connectivity index (χ3v) is 3.71. The predicted octanol–water partition coefficient (Wildman–Crippen LogP) is 3.56. The van der Waals surface area contributed by atoms with Crippen LogP contribution in [0.2, 0.25) is 0 Å². The number of ether oxygens (including phenoxy) is 1. The Hall–Kier alpha value is -2.99. The lowest BCUT2D eigenvalue weighted by atomic mass is 10.1. The maximum Gasteiger partial charge on any atom is 0.225 e. The summed E-state index contributed by atoms with van der Waals surface area (Å²) in [6.07, 6.45) is 1.49. The lowest BCUT2D eigenvalue weighted by Gasteiger charge is -2.09. The van der Waals surface area contributed by atoms with Crippen LogP contribution in [-0.2, 0) is 13.2 Å². The van der Waals surface area contributed by atoms with Crippen LogP contribution in [0.4, 0.5) is 17.5 Å². The van der Waals surface area contributed by atoms with Gasteiger partial charge in [0.15, 0.2) is 5.82 Å². The summed E-state index contributed by atoms with van der Waals surface area (Å²) in [6, 6.07) is 16.2. The van der Waals surface area contributed by atoms with E-state index in [0.717, 1.165) is 16.9 Å². The lowest BCUT2D eigenvalue weighted by molar-refractivity contribution is 0.306. The first-order valence-corrected chi connectivity index (χ1v) is 7.99. The second-order valence-corrected chi connectivity index (χ2v) is 5.81. The van der Waals surface area contributed by atoms with Crippen molar-refractivity contribution in [2.24, 2.45) is 0 Å². The van der Waals surface area contributed by atoms with Crippen molar-refractivity contribution in [1.29, 1.82) is 0 Å². The first kappa shape index (κ1) is 19.3. The molecule has 6 nitrogen and oxygen atoms in total. The summed E-state index contributed by atoms with van der Waals surface area (Å²) in [5.41, 5.74) is 15.1. The summed E-state index contributed by atoms with van der Waals surface area (Å²) in [4.78, 5) is 8.17. The van der Waals surface area contributed by atoms with Crippen LogP contribution in [0, 0.1) is 6.92 Å². The molecule has 3 rings (SSSR count). The molecule has 1 heterocycles. The molecule has 1 aromatic heterocycles. The molecule has 0 saturated heterocycles. The van der Waals surface area contributed by atoms with Crippen LogP contribution in [0.15, 0.2) is 54.7 Å². The van der Waals surface area contributed by atoms with Gasteiger partial charge in [0.25, 0.3) is 0 Å². The summed E-state index contributed by atoms with van der Waals surface area (Å²) in [5, 5.41) is 3.11. The second-order valence-electron chi connectivity index (χ2n) is 5.81. The molecule has 26 heavy (non-hydrogen) atoms. The molecular formula is C19H22ClN5O. The number of nitrogens with two attached hydrogens (primary N) is 2. The summed E-state index contributed by atoms with van der Waals surface area (Å²) in [5.74, 6) is 1.56. The molecule has 2 aromatic carbocycles. The number of anilines is 3. The first-order valence-electron chi connectivity index (χ1n) is 7.99. The maximum absolute atomic E-state index is 5.82. The van der Waals surface area contributed by atoms with E-state index in [4.69, 9.17) is 16.2 Å². The minimum absolute atomic E-state index is 0. The predicted molar refractivity (Wildman–Crippen MR) is 107 cm³/mol. The van der Waals surface area contributed by atoms with E-state index in [1.165, 1.54) is 11.8 Å². The molecule has 0 amide bonds. The number of nitrogen functional groups attached to an aromatic ring is 2. The van der Waals surface area contributed by atoms with Crippen LogP contribution in [0.25, 0.3) is 0 Å². The summed E-state index contributed by atoms with van der Waals surface area (Å²) >= 11 is 0. The molecule has 0 bridgehead atoms. The Kier molecular flexibility index (Phi) is 6.63. The third-order valence-electron chi connectivity index (χ3n) is 3.71. The monoisotopic (exact) mass is 371 g/mol. The standard InChI is InChI=1S/C19H21N5O.ClH/c1-13-3-2-4-15(9-13)12-25-16-7-5-14(6-8-16)10-22-19-23-11-17(20)18(21)24-19;/h2-9,11H,10,12,20H2,1H3,(H3,21,22,23,24);1H. The van der Waals surface area contributed by atoms with Gasteiger partial charge >= 0.3 is 0 Å². The number of hydrogen-bond acceptors (Lipinski definition) is 6. The van der Waals surface area contributed by atoms with E-state index >= 15 is 0 Å². The van der Waals surface area contributed by atoms with Crippen molar-refractivity contribution in [2.75, 3.05) is 16.8 Å². The zero-order valence-corrected chi connectivity index (χ0v) is 15.3. The molecule has 3 aromatic rings. The van der Waals surface area contributed by atoms with Crippen LogP contribution in [0.1, 0.15) is 16.7 Å². The van der Waals surface area contributed by atoms with Crippen molar-refractivity contribution in [3.05, 3.63) is 71.4 Å². The van der Waals surface area contributed by atoms with Crippen molar-refractivity contribution in [1.82, 2.24) is 9.97 Å². The second kappa shape index (κ2) is 8.92. The fourth-order valence-corrected chi connectivity index (χ4v) is 2.34. The van der Waals surface area contributed by atoms with Gasteiger partial charge < -0.3 is 21.5 Å². The van der Waals surface area contributed by atoms with Gasteiger partial charge in [-0.05, 0) is 30.2 Å². The maximum atomic E-state index is 5.82. The lowest BCUT2D eigenvalue weighted by Crippen LogP contribution is -2.07. The van der Waals surface area contributed by atoms with E-state index in [0.29, 0.717) is 24.8 Å². The molecule has 0 atom stereocenters. The number of rotatable bonds is 6. The van der Waals surface area contributed by atoms with E-state index in [1.54, 1.807) is 0 Å². The number of hydrogen-bond donors (Lipinski definition) is 3. The van der Waals surface area contributed by atoms with Gasteiger partial charge in [0, 0.05) is 6.54 Å². The van der Waals surface area contributed by atoms with Crippen LogP contribution < -0.4 is 21.5 Å². The Labute approximate surface area is 159 Å². The molecule has 0 aliphatic rings. The Balaban J connectivity index is 0.00000243. The number of nitrogens with zero attached hydrogens (tertiary/aromatic N) is 2. The van der Waals surface area contributed by atoms with E-state index in [9.17, 15) is 0 Å². The molecule has 0 unspecified atom stereocenters. The van der Waals surface area contributed by atoms with Gasteiger partial charge in [-0.15, -0.1) is 12.4 Å². The van der Waals surface area contributed by atoms with Crippen LogP contribution in [0.5, 0.6) is 5.75 Å². The molecule has 0 fully saturated rings. The highest BCUT2D eigenvalue weighted by atomic mass is 35.5. The molecule has 5 N–H and O–H groups in total. The molecule has 0 radical (unpaired) electrons. The average molecular weight is 372 g/mol. The summed E-state index contributed by atoms with van der Waals surface area (Å²) < 4.78 is 5.82. The molecule has 0 spiro atoms. The van der Waals surface area contributed by atoms with Gasteiger partial charge in [0.1, 0.15) is 12.4 Å². The number of aryl methyl sites for hydroxylation is 1. The Bertz CT molecular complexity index is 855. The SMILES string of the molecule is Cc1cccc(COc2ccc(CNc3ncc(N)c(N)n3)cc2)c1.Cl. The Morgan fingerprint density at radius 2 is 1.81 bits per heavy atom. The molecule has 7 heteroatoms. The van der Waals surface area contributed by atoms with Crippen molar-refractivity contribution >= 4 is 29.9 Å². The number of benzene rings is 2. The summed E-state index contributed by atoms with van der Waals surface area (Å²) in [7, 11) is 0. The normalized spacial score (nSPS) is 10.0. The van der Waals surface area contributed by atoms with Gasteiger partial charge in [0.2, 0.25) is 5.95 Å². The highest BCUT2D eigenvalue weighted by molar-refractivity contribution is 5.85. The van der Waals surface area contributed by atoms with E-state index < -0.39 is 0 Å². The number of nitrogens with one attached hydrogen (secondary N) is 1. The molecular weight excluding hydrogens is 350 g/mol. The summed E-state index contributed by atoms with van der Waals surface area (Å²) in [6.45, 7) is 3.21. The fraction of sp³-hybridized carbons (Fsp3) is 0.158. The molecule has 0 aliphatic carbocycles. The molecule has 136 valence electrons. The average Bonchev–Trinajstić information content (AvgIpc) is 2.62. The van der Waals surface area contributed by atoms with Gasteiger partial charge in [-0.25, -0.2) is 4.98 Å². The van der Waals surface area contributed by atoms with Crippen molar-refractivity contribution < 1.29 is 4.74 Å². The van der Waals surface area contributed by atoms with Crippen LogP contribution in [-0.4, -0.2) is 9.97 Å². The zero-order chi connectivity index (χ0) is 17.6. The van der Waals surface area contributed by atoms with Gasteiger partial charge in [-0.2, -0.15) is 4.98 Å². The van der Waals surface area contributed by atoms with Crippen molar-refractivity contribution in [3.63, 3.8) is 0 Å². The van der Waals surface area contributed by atoms with Crippen LogP contribution in [0.3, 0.4) is 0 Å². The van der Waals surface area contributed by atoms with E-state index in [2.05, 4.69) is 40.4 Å². The quantitative estimate of drug-likeness (QED) is 0.612. The minimum Gasteiger partial charge on any atom is -0.489 e. The smallest absolute Gasteiger partial charge is 0.225 e. The van der Waals surface area contributed by atoms with Gasteiger partial charge in [-0.3, -0.25) is 0 Å². The molecule has 0 aliphatic heterocycles. The topological polar surface area (TPSA) is 99.1 Å². The van der Waals surface area contributed by atoms with E-state index in [1.807, 2.05) is 30.3 Å². The van der Waals surface area contributed by atoms with Crippen molar-refractivity contribution in [2.45, 2.75) is 20.1 Å². The Morgan fingerprint density at radius 1 is 1.04 bits per heavy atom.